The van der Waals surface area contributed by atoms with Crippen molar-refractivity contribution in [2.24, 2.45) is 0 Å². The van der Waals surface area contributed by atoms with Crippen molar-refractivity contribution in [3.05, 3.63) is 48.4 Å². The average molecular weight is 355 g/mol. The highest BCUT2D eigenvalue weighted by Gasteiger charge is 2.12. The van der Waals surface area contributed by atoms with Gasteiger partial charge in [-0.2, -0.15) is 8.78 Å². The Bertz CT molecular complexity index is 680. The first-order chi connectivity index (χ1) is 11.5. The Morgan fingerprint density at radius 3 is 2.62 bits per heavy atom. The Balaban J connectivity index is 1.78. The minimum absolute atomic E-state index is 0.189. The summed E-state index contributed by atoms with van der Waals surface area (Å²) in [6.07, 6.45) is 1.48. The lowest BCUT2D eigenvalue weighted by Gasteiger charge is -2.11. The van der Waals surface area contributed by atoms with Crippen LogP contribution in [0.3, 0.4) is 0 Å². The Morgan fingerprint density at radius 1 is 1.12 bits per heavy atom. The topological polar surface area (TPSA) is 83.4 Å². The molecule has 1 aromatic heterocycles. The quantitative estimate of drug-likeness (QED) is 0.667. The van der Waals surface area contributed by atoms with Crippen molar-refractivity contribution in [2.45, 2.75) is 17.2 Å². The van der Waals surface area contributed by atoms with Crippen LogP contribution in [0.25, 0.3) is 0 Å². The SMILES string of the molecule is O=C(CNC(=O)NCc1ccco1)Nc1ccccc1SC(F)F. The third-order valence-electron chi connectivity index (χ3n) is 2.79. The molecule has 3 N–H and O–H groups in total. The summed E-state index contributed by atoms with van der Waals surface area (Å²) in [5, 5.41) is 7.37. The Labute approximate surface area is 141 Å². The molecule has 6 nitrogen and oxygen atoms in total. The zero-order chi connectivity index (χ0) is 17.4. The summed E-state index contributed by atoms with van der Waals surface area (Å²) < 4.78 is 30.0. The number of rotatable bonds is 7. The number of halogens is 2. The number of furan rings is 1. The molecular formula is C15H15F2N3O3S. The van der Waals surface area contributed by atoms with E-state index in [0.717, 1.165) is 0 Å². The molecule has 0 aliphatic rings. The van der Waals surface area contributed by atoms with Crippen LogP contribution in [0.4, 0.5) is 19.3 Å². The number of carbonyl (C=O) groups is 2. The molecule has 0 unspecified atom stereocenters. The van der Waals surface area contributed by atoms with E-state index in [1.165, 1.54) is 18.4 Å². The van der Waals surface area contributed by atoms with Crippen LogP contribution < -0.4 is 16.0 Å². The van der Waals surface area contributed by atoms with Gasteiger partial charge in [0.2, 0.25) is 5.91 Å². The van der Waals surface area contributed by atoms with Crippen LogP contribution in [0.1, 0.15) is 5.76 Å². The van der Waals surface area contributed by atoms with Gasteiger partial charge < -0.3 is 20.4 Å². The Kier molecular flexibility index (Phi) is 6.62. The van der Waals surface area contributed by atoms with Crippen LogP contribution in [0.2, 0.25) is 0 Å². The van der Waals surface area contributed by atoms with E-state index in [2.05, 4.69) is 16.0 Å². The maximum Gasteiger partial charge on any atom is 0.315 e. The molecule has 3 amide bonds. The molecular weight excluding hydrogens is 340 g/mol. The standard InChI is InChI=1S/C15H15F2N3O3S/c16-14(17)24-12-6-2-1-5-11(12)20-13(21)9-19-15(22)18-8-10-4-3-7-23-10/h1-7,14H,8-9H2,(H,20,21)(H2,18,19,22). The molecule has 0 spiro atoms. The predicted octanol–water partition coefficient (Wildman–Crippen LogP) is 3.03. The van der Waals surface area contributed by atoms with Crippen molar-refractivity contribution in [1.82, 2.24) is 10.6 Å². The van der Waals surface area contributed by atoms with Gasteiger partial charge in [0.25, 0.3) is 5.76 Å². The molecule has 0 atom stereocenters. The van der Waals surface area contributed by atoms with Crippen LogP contribution in [-0.4, -0.2) is 24.2 Å². The maximum atomic E-state index is 12.5. The molecule has 0 aliphatic heterocycles. The first-order valence-electron chi connectivity index (χ1n) is 6.92. The molecule has 128 valence electrons. The van der Waals surface area contributed by atoms with Crippen LogP contribution in [0.5, 0.6) is 0 Å². The number of alkyl halides is 2. The number of para-hydroxylation sites is 1. The number of amides is 3. The van der Waals surface area contributed by atoms with E-state index >= 15 is 0 Å². The van der Waals surface area contributed by atoms with E-state index in [1.54, 1.807) is 24.3 Å². The Hall–Kier alpha value is -2.55. The van der Waals surface area contributed by atoms with Gasteiger partial charge in [-0.05, 0) is 24.3 Å². The van der Waals surface area contributed by atoms with E-state index in [9.17, 15) is 18.4 Å². The lowest BCUT2D eigenvalue weighted by molar-refractivity contribution is -0.115. The highest BCUT2D eigenvalue weighted by molar-refractivity contribution is 7.99. The zero-order valence-corrected chi connectivity index (χ0v) is 13.2. The van der Waals surface area contributed by atoms with Crippen molar-refractivity contribution in [1.29, 1.82) is 0 Å². The Morgan fingerprint density at radius 2 is 1.92 bits per heavy atom. The second-order valence-electron chi connectivity index (χ2n) is 4.54. The molecule has 1 heterocycles. The van der Waals surface area contributed by atoms with Gasteiger partial charge in [0.15, 0.2) is 0 Å². The van der Waals surface area contributed by atoms with Crippen molar-refractivity contribution in [3.63, 3.8) is 0 Å². The molecule has 1 aromatic carbocycles. The fourth-order valence-corrected chi connectivity index (χ4v) is 2.36. The second-order valence-corrected chi connectivity index (χ2v) is 5.57. The van der Waals surface area contributed by atoms with Gasteiger partial charge in [-0.3, -0.25) is 4.79 Å². The molecule has 0 radical (unpaired) electrons. The third-order valence-corrected chi connectivity index (χ3v) is 3.58. The molecule has 0 saturated carbocycles. The largest absolute Gasteiger partial charge is 0.467 e. The van der Waals surface area contributed by atoms with E-state index in [0.29, 0.717) is 17.5 Å². The van der Waals surface area contributed by atoms with E-state index in [4.69, 9.17) is 4.42 Å². The van der Waals surface area contributed by atoms with Crippen molar-refractivity contribution >= 4 is 29.4 Å². The molecule has 24 heavy (non-hydrogen) atoms. The van der Waals surface area contributed by atoms with Gasteiger partial charge in [-0.25, -0.2) is 4.79 Å². The first-order valence-corrected chi connectivity index (χ1v) is 7.80. The van der Waals surface area contributed by atoms with Gasteiger partial charge in [0.05, 0.1) is 25.0 Å². The van der Waals surface area contributed by atoms with E-state index in [-0.39, 0.29) is 23.7 Å². The number of benzene rings is 1. The summed E-state index contributed by atoms with van der Waals surface area (Å²) in [5.41, 5.74) is 0.269. The lowest BCUT2D eigenvalue weighted by Crippen LogP contribution is -2.39. The maximum absolute atomic E-state index is 12.5. The fraction of sp³-hybridized carbons (Fsp3) is 0.200. The number of anilines is 1. The number of hydrogen-bond donors (Lipinski definition) is 3. The van der Waals surface area contributed by atoms with E-state index in [1.807, 2.05) is 0 Å². The van der Waals surface area contributed by atoms with Crippen molar-refractivity contribution < 1.29 is 22.8 Å². The zero-order valence-electron chi connectivity index (χ0n) is 12.4. The highest BCUT2D eigenvalue weighted by atomic mass is 32.2. The molecule has 0 bridgehead atoms. The van der Waals surface area contributed by atoms with E-state index < -0.39 is 17.7 Å². The van der Waals surface area contributed by atoms with Crippen LogP contribution in [-0.2, 0) is 11.3 Å². The minimum Gasteiger partial charge on any atom is -0.467 e. The first kappa shape index (κ1) is 17.8. The van der Waals surface area contributed by atoms with Gasteiger partial charge in [-0.1, -0.05) is 23.9 Å². The number of nitrogens with one attached hydrogen (secondary N) is 3. The molecule has 0 fully saturated rings. The monoisotopic (exact) mass is 355 g/mol. The summed E-state index contributed by atoms with van der Waals surface area (Å²) in [7, 11) is 0. The van der Waals surface area contributed by atoms with Gasteiger partial charge in [0, 0.05) is 4.90 Å². The summed E-state index contributed by atoms with van der Waals surface area (Å²) in [6, 6.07) is 9.06. The molecule has 2 aromatic rings. The summed E-state index contributed by atoms with van der Waals surface area (Å²) in [4.78, 5) is 23.6. The van der Waals surface area contributed by atoms with Crippen LogP contribution >= 0.6 is 11.8 Å². The predicted molar refractivity (Wildman–Crippen MR) is 85.9 cm³/mol. The lowest BCUT2D eigenvalue weighted by atomic mass is 10.3. The van der Waals surface area contributed by atoms with Crippen molar-refractivity contribution in [3.8, 4) is 0 Å². The summed E-state index contributed by atoms with van der Waals surface area (Å²) in [6.45, 7) is -0.105. The molecule has 9 heteroatoms. The number of carbonyl (C=O) groups excluding carboxylic acids is 2. The highest BCUT2D eigenvalue weighted by Crippen LogP contribution is 2.31. The fourth-order valence-electron chi connectivity index (χ4n) is 1.77. The normalized spacial score (nSPS) is 10.5. The van der Waals surface area contributed by atoms with Gasteiger partial charge in [0.1, 0.15) is 5.76 Å². The average Bonchev–Trinajstić information content (AvgIpc) is 3.06. The molecule has 2 rings (SSSR count). The van der Waals surface area contributed by atoms with Crippen LogP contribution in [0.15, 0.2) is 52.0 Å². The smallest absolute Gasteiger partial charge is 0.315 e. The van der Waals surface area contributed by atoms with Gasteiger partial charge >= 0.3 is 6.03 Å². The van der Waals surface area contributed by atoms with Crippen molar-refractivity contribution in [2.75, 3.05) is 11.9 Å². The summed E-state index contributed by atoms with van der Waals surface area (Å²) >= 11 is 0.340. The van der Waals surface area contributed by atoms with Crippen LogP contribution in [0, 0.1) is 0 Å². The summed E-state index contributed by atoms with van der Waals surface area (Å²) in [5.74, 6) is -2.54. The molecule has 0 aliphatic carbocycles. The number of thioether (sulfide) groups is 1. The number of urea groups is 1. The second kappa shape index (κ2) is 8.92. The molecule has 0 saturated heterocycles. The minimum atomic E-state index is -2.59. The van der Waals surface area contributed by atoms with Gasteiger partial charge in [-0.15, -0.1) is 0 Å². The number of hydrogen-bond acceptors (Lipinski definition) is 4. The third kappa shape index (κ3) is 5.92.